The zero-order valence-corrected chi connectivity index (χ0v) is 13.5. The Morgan fingerprint density at radius 1 is 1.33 bits per heavy atom. The molecule has 3 rings (SSSR count). The Morgan fingerprint density at radius 2 is 2.12 bits per heavy atom. The summed E-state index contributed by atoms with van der Waals surface area (Å²) < 4.78 is 1.24. The van der Waals surface area contributed by atoms with Gasteiger partial charge in [0.15, 0.2) is 5.56 Å². The normalized spacial score (nSPS) is 10.8. The van der Waals surface area contributed by atoms with Crippen LogP contribution in [0.5, 0.6) is 0 Å². The van der Waals surface area contributed by atoms with Crippen molar-refractivity contribution in [2.75, 3.05) is 5.32 Å². The molecule has 2 heterocycles. The molecular weight excluding hydrogens is 330 g/mol. The van der Waals surface area contributed by atoms with Gasteiger partial charge in [-0.3, -0.25) is 9.20 Å². The fraction of sp³-hybridized carbons (Fsp3) is 0.118. The smallest absolute Gasteiger partial charge is 0.345 e. The van der Waals surface area contributed by atoms with E-state index in [1.165, 1.54) is 10.6 Å². The first-order valence-electron chi connectivity index (χ1n) is 7.21. The van der Waals surface area contributed by atoms with Crippen LogP contribution in [-0.4, -0.2) is 20.5 Å². The van der Waals surface area contributed by atoms with Gasteiger partial charge in [-0.15, -0.1) is 0 Å². The molecule has 2 N–H and O–H groups in total. The lowest BCUT2D eigenvalue weighted by atomic mass is 10.2. The Bertz CT molecular complexity index is 998. The van der Waals surface area contributed by atoms with Crippen LogP contribution in [0, 0.1) is 6.92 Å². The van der Waals surface area contributed by atoms with Gasteiger partial charge >= 0.3 is 5.97 Å². The molecule has 0 unspecified atom stereocenters. The van der Waals surface area contributed by atoms with Crippen LogP contribution in [0.3, 0.4) is 0 Å². The van der Waals surface area contributed by atoms with E-state index in [4.69, 9.17) is 11.6 Å². The number of carbonyl (C=O) groups is 1. The molecule has 0 saturated carbocycles. The molecule has 7 heteroatoms. The van der Waals surface area contributed by atoms with Crippen molar-refractivity contribution < 1.29 is 9.90 Å². The summed E-state index contributed by atoms with van der Waals surface area (Å²) in [7, 11) is 0. The van der Waals surface area contributed by atoms with Gasteiger partial charge in [0.25, 0.3) is 5.56 Å². The number of hydrogen-bond donors (Lipinski definition) is 2. The van der Waals surface area contributed by atoms with Crippen LogP contribution >= 0.6 is 11.6 Å². The minimum absolute atomic E-state index is 0.0433. The van der Waals surface area contributed by atoms with Gasteiger partial charge in [-0.05, 0) is 36.2 Å². The average molecular weight is 344 g/mol. The Hall–Kier alpha value is -2.86. The highest BCUT2D eigenvalue weighted by molar-refractivity contribution is 6.30. The molecule has 0 aliphatic carbocycles. The maximum absolute atomic E-state index is 12.5. The third kappa shape index (κ3) is 2.96. The van der Waals surface area contributed by atoms with Crippen molar-refractivity contribution in [3.63, 3.8) is 0 Å². The predicted molar refractivity (Wildman–Crippen MR) is 91.9 cm³/mol. The number of anilines is 1. The second-order valence-corrected chi connectivity index (χ2v) is 5.75. The summed E-state index contributed by atoms with van der Waals surface area (Å²) in [6, 6.07) is 10.6. The molecule has 0 aliphatic heterocycles. The van der Waals surface area contributed by atoms with E-state index in [0.29, 0.717) is 17.2 Å². The van der Waals surface area contributed by atoms with Gasteiger partial charge in [0.05, 0.1) is 0 Å². The van der Waals surface area contributed by atoms with E-state index in [0.717, 1.165) is 11.1 Å². The lowest BCUT2D eigenvalue weighted by Crippen LogP contribution is -2.26. The average Bonchev–Trinajstić information content (AvgIpc) is 2.53. The molecule has 0 bridgehead atoms. The van der Waals surface area contributed by atoms with E-state index in [9.17, 15) is 14.7 Å². The summed E-state index contributed by atoms with van der Waals surface area (Å²) in [6.07, 6.45) is 1.50. The fourth-order valence-corrected chi connectivity index (χ4v) is 2.66. The van der Waals surface area contributed by atoms with Crippen molar-refractivity contribution >= 4 is 29.0 Å². The maximum atomic E-state index is 12.5. The van der Waals surface area contributed by atoms with Crippen LogP contribution in [0.15, 0.2) is 47.4 Å². The Kier molecular flexibility index (Phi) is 4.22. The number of carboxylic acids is 1. The van der Waals surface area contributed by atoms with Crippen molar-refractivity contribution in [3.8, 4) is 0 Å². The molecule has 0 atom stereocenters. The maximum Gasteiger partial charge on any atom is 0.345 e. The van der Waals surface area contributed by atoms with E-state index in [1.807, 2.05) is 19.1 Å². The molecule has 0 fully saturated rings. The SMILES string of the molecule is Cc1cccn2c(=O)c(C(=O)O)c(NCc3cccc(Cl)c3)nc12. The number of benzene rings is 1. The lowest BCUT2D eigenvalue weighted by molar-refractivity contribution is 0.0695. The third-order valence-electron chi connectivity index (χ3n) is 3.61. The lowest BCUT2D eigenvalue weighted by Gasteiger charge is -2.11. The quantitative estimate of drug-likeness (QED) is 0.761. The minimum Gasteiger partial charge on any atom is -0.477 e. The number of aromatic nitrogens is 2. The first kappa shape index (κ1) is 16.0. The second kappa shape index (κ2) is 6.33. The molecule has 0 aliphatic rings. The molecule has 3 aromatic rings. The highest BCUT2D eigenvalue weighted by Crippen LogP contribution is 2.16. The molecule has 0 amide bonds. The van der Waals surface area contributed by atoms with Crippen LogP contribution < -0.4 is 10.9 Å². The standard InChI is InChI=1S/C17H14ClN3O3/c1-10-4-3-7-21-15(10)20-14(13(16(21)22)17(23)24)19-9-11-5-2-6-12(18)8-11/h2-8,19H,9H2,1H3,(H,23,24). The third-order valence-corrected chi connectivity index (χ3v) is 3.85. The monoisotopic (exact) mass is 343 g/mol. The van der Waals surface area contributed by atoms with Gasteiger partial charge in [0.2, 0.25) is 0 Å². The van der Waals surface area contributed by atoms with Crippen molar-refractivity contribution in [2.45, 2.75) is 13.5 Å². The van der Waals surface area contributed by atoms with Gasteiger partial charge < -0.3 is 10.4 Å². The Balaban J connectivity index is 2.09. The molecule has 0 spiro atoms. The number of pyridine rings is 1. The highest BCUT2D eigenvalue weighted by Gasteiger charge is 2.19. The zero-order valence-electron chi connectivity index (χ0n) is 12.8. The zero-order chi connectivity index (χ0) is 17.3. The topological polar surface area (TPSA) is 83.7 Å². The predicted octanol–water partition coefficient (Wildman–Crippen LogP) is 2.97. The van der Waals surface area contributed by atoms with E-state index >= 15 is 0 Å². The Morgan fingerprint density at radius 3 is 2.83 bits per heavy atom. The van der Waals surface area contributed by atoms with E-state index < -0.39 is 11.5 Å². The number of fused-ring (bicyclic) bond motifs is 1. The van der Waals surface area contributed by atoms with Crippen molar-refractivity contribution in [1.29, 1.82) is 0 Å². The van der Waals surface area contributed by atoms with Gasteiger partial charge in [-0.25, -0.2) is 9.78 Å². The van der Waals surface area contributed by atoms with Crippen molar-refractivity contribution in [2.24, 2.45) is 0 Å². The van der Waals surface area contributed by atoms with Crippen molar-refractivity contribution in [3.05, 3.63) is 74.7 Å². The van der Waals surface area contributed by atoms with Gasteiger partial charge in [0.1, 0.15) is 11.5 Å². The van der Waals surface area contributed by atoms with Gasteiger partial charge in [-0.1, -0.05) is 29.8 Å². The summed E-state index contributed by atoms with van der Waals surface area (Å²) >= 11 is 5.94. The van der Waals surface area contributed by atoms with Crippen LogP contribution in [-0.2, 0) is 6.54 Å². The molecular formula is C17H14ClN3O3. The van der Waals surface area contributed by atoms with Crippen LogP contribution in [0.4, 0.5) is 5.82 Å². The number of aryl methyl sites for hydroxylation is 1. The first-order chi connectivity index (χ1) is 11.5. The molecule has 2 aromatic heterocycles. The summed E-state index contributed by atoms with van der Waals surface area (Å²) in [5.41, 5.74) is 1.04. The minimum atomic E-state index is -1.32. The largest absolute Gasteiger partial charge is 0.477 e. The summed E-state index contributed by atoms with van der Waals surface area (Å²) in [6.45, 7) is 2.11. The number of carboxylic acid groups (broad SMARTS) is 1. The molecule has 24 heavy (non-hydrogen) atoms. The molecule has 122 valence electrons. The van der Waals surface area contributed by atoms with Gasteiger partial charge in [-0.2, -0.15) is 0 Å². The summed E-state index contributed by atoms with van der Waals surface area (Å²) in [5, 5.41) is 12.9. The summed E-state index contributed by atoms with van der Waals surface area (Å²) in [4.78, 5) is 28.3. The second-order valence-electron chi connectivity index (χ2n) is 5.31. The molecule has 6 nitrogen and oxygen atoms in total. The number of nitrogens with one attached hydrogen (secondary N) is 1. The fourth-order valence-electron chi connectivity index (χ4n) is 2.45. The number of nitrogens with zero attached hydrogens (tertiary/aromatic N) is 2. The van der Waals surface area contributed by atoms with Crippen LogP contribution in [0.25, 0.3) is 5.65 Å². The van der Waals surface area contributed by atoms with E-state index in [2.05, 4.69) is 10.3 Å². The number of aromatic carboxylic acids is 1. The Labute approximate surface area is 142 Å². The van der Waals surface area contributed by atoms with Crippen LogP contribution in [0.2, 0.25) is 5.02 Å². The van der Waals surface area contributed by atoms with Crippen molar-refractivity contribution in [1.82, 2.24) is 9.38 Å². The van der Waals surface area contributed by atoms with Crippen LogP contribution in [0.1, 0.15) is 21.5 Å². The van der Waals surface area contributed by atoms with Gasteiger partial charge in [0, 0.05) is 17.8 Å². The molecule has 0 radical (unpaired) electrons. The number of rotatable bonds is 4. The van der Waals surface area contributed by atoms with E-state index in [-0.39, 0.29) is 11.4 Å². The first-order valence-corrected chi connectivity index (χ1v) is 7.59. The number of halogens is 1. The molecule has 1 aromatic carbocycles. The summed E-state index contributed by atoms with van der Waals surface area (Å²) in [5.74, 6) is -1.28. The highest BCUT2D eigenvalue weighted by atomic mass is 35.5. The number of hydrogen-bond acceptors (Lipinski definition) is 4. The molecule has 0 saturated heterocycles. The van der Waals surface area contributed by atoms with E-state index in [1.54, 1.807) is 24.3 Å².